The lowest BCUT2D eigenvalue weighted by atomic mass is 10.0. The van der Waals surface area contributed by atoms with Gasteiger partial charge in [0.05, 0.1) is 12.6 Å². The molecule has 0 fully saturated rings. The summed E-state index contributed by atoms with van der Waals surface area (Å²) in [5.41, 5.74) is 1.09. The van der Waals surface area contributed by atoms with Crippen LogP contribution in [0.15, 0.2) is 24.3 Å². The SMILES string of the molecule is CCOCCCC(=O)N[C@@H]1CCCOc2ccccc21. The van der Waals surface area contributed by atoms with Gasteiger partial charge in [-0.05, 0) is 32.3 Å². The van der Waals surface area contributed by atoms with Crippen LogP contribution in [0.2, 0.25) is 0 Å². The molecule has 0 radical (unpaired) electrons. The molecule has 0 aromatic heterocycles. The van der Waals surface area contributed by atoms with E-state index in [0.717, 1.165) is 30.6 Å². The average molecular weight is 277 g/mol. The molecule has 0 bridgehead atoms. The largest absolute Gasteiger partial charge is 0.493 e. The molecule has 0 aliphatic carbocycles. The Hall–Kier alpha value is -1.55. The standard InChI is InChI=1S/C16H23NO3/c1-2-19-11-6-10-16(18)17-14-8-5-12-20-15-9-4-3-7-13(14)15/h3-4,7,9,14H,2,5-6,8,10-12H2,1H3,(H,17,18)/t14-/m1/s1. The Morgan fingerprint density at radius 1 is 1.45 bits per heavy atom. The van der Waals surface area contributed by atoms with Gasteiger partial charge in [0.2, 0.25) is 5.91 Å². The maximum atomic E-state index is 12.0. The maximum Gasteiger partial charge on any atom is 0.220 e. The fraction of sp³-hybridized carbons (Fsp3) is 0.562. The van der Waals surface area contributed by atoms with Gasteiger partial charge < -0.3 is 14.8 Å². The van der Waals surface area contributed by atoms with E-state index >= 15 is 0 Å². The summed E-state index contributed by atoms with van der Waals surface area (Å²) >= 11 is 0. The Morgan fingerprint density at radius 3 is 3.15 bits per heavy atom. The zero-order chi connectivity index (χ0) is 14.2. The molecule has 20 heavy (non-hydrogen) atoms. The molecule has 1 N–H and O–H groups in total. The second-order valence-corrected chi connectivity index (χ2v) is 4.95. The fourth-order valence-electron chi connectivity index (χ4n) is 2.42. The number of rotatable bonds is 6. The number of hydrogen-bond donors (Lipinski definition) is 1. The lowest BCUT2D eigenvalue weighted by Gasteiger charge is -2.18. The smallest absolute Gasteiger partial charge is 0.220 e. The first-order chi connectivity index (χ1) is 9.81. The van der Waals surface area contributed by atoms with Gasteiger partial charge in [-0.25, -0.2) is 0 Å². The van der Waals surface area contributed by atoms with E-state index < -0.39 is 0 Å². The van der Waals surface area contributed by atoms with Gasteiger partial charge in [-0.2, -0.15) is 0 Å². The van der Waals surface area contributed by atoms with Crippen LogP contribution in [0.4, 0.5) is 0 Å². The zero-order valence-electron chi connectivity index (χ0n) is 12.1. The second kappa shape index (κ2) is 7.90. The summed E-state index contributed by atoms with van der Waals surface area (Å²) in [6.07, 6.45) is 3.16. The first-order valence-corrected chi connectivity index (χ1v) is 7.40. The van der Waals surface area contributed by atoms with Gasteiger partial charge in [0.1, 0.15) is 5.75 Å². The molecule has 1 aromatic rings. The number of para-hydroxylation sites is 1. The van der Waals surface area contributed by atoms with Gasteiger partial charge in [-0.3, -0.25) is 4.79 Å². The summed E-state index contributed by atoms with van der Waals surface area (Å²) in [4.78, 5) is 12.0. The van der Waals surface area contributed by atoms with E-state index in [1.54, 1.807) is 0 Å². The number of amides is 1. The van der Waals surface area contributed by atoms with Crippen molar-refractivity contribution < 1.29 is 14.3 Å². The normalized spacial score (nSPS) is 17.8. The Morgan fingerprint density at radius 2 is 2.30 bits per heavy atom. The molecule has 1 aliphatic heterocycles. The molecule has 1 heterocycles. The molecule has 0 spiro atoms. The molecule has 1 atom stereocenters. The highest BCUT2D eigenvalue weighted by Crippen LogP contribution is 2.31. The van der Waals surface area contributed by atoms with Crippen LogP contribution in [0.1, 0.15) is 44.2 Å². The highest BCUT2D eigenvalue weighted by atomic mass is 16.5. The summed E-state index contributed by atoms with van der Waals surface area (Å²) < 4.78 is 11.0. The van der Waals surface area contributed by atoms with Gasteiger partial charge >= 0.3 is 0 Å². The number of ether oxygens (including phenoxy) is 2. The number of hydrogen-bond acceptors (Lipinski definition) is 3. The first kappa shape index (κ1) is 14.9. The van der Waals surface area contributed by atoms with Crippen LogP contribution < -0.4 is 10.1 Å². The van der Waals surface area contributed by atoms with Crippen molar-refractivity contribution in [3.63, 3.8) is 0 Å². The van der Waals surface area contributed by atoms with Crippen LogP contribution in [-0.2, 0) is 9.53 Å². The van der Waals surface area contributed by atoms with Gasteiger partial charge in [-0.1, -0.05) is 18.2 Å². The minimum atomic E-state index is 0.0632. The van der Waals surface area contributed by atoms with E-state index in [-0.39, 0.29) is 11.9 Å². The van der Waals surface area contributed by atoms with Crippen molar-refractivity contribution in [2.45, 2.75) is 38.6 Å². The highest BCUT2D eigenvalue weighted by Gasteiger charge is 2.20. The van der Waals surface area contributed by atoms with E-state index in [9.17, 15) is 4.79 Å². The minimum Gasteiger partial charge on any atom is -0.493 e. The van der Waals surface area contributed by atoms with Crippen LogP contribution in [0.3, 0.4) is 0 Å². The number of nitrogens with one attached hydrogen (secondary N) is 1. The summed E-state index contributed by atoms with van der Waals surface area (Å²) in [5.74, 6) is 0.982. The van der Waals surface area contributed by atoms with Crippen LogP contribution in [0, 0.1) is 0 Å². The lowest BCUT2D eigenvalue weighted by molar-refractivity contribution is -0.122. The molecule has 1 aromatic carbocycles. The third-order valence-corrected chi connectivity index (χ3v) is 3.42. The Labute approximate surface area is 120 Å². The predicted molar refractivity (Wildman–Crippen MR) is 77.8 cm³/mol. The summed E-state index contributed by atoms with van der Waals surface area (Å²) in [6, 6.07) is 8.02. The summed E-state index contributed by atoms with van der Waals surface area (Å²) in [5, 5.41) is 3.12. The maximum absolute atomic E-state index is 12.0. The van der Waals surface area contributed by atoms with E-state index in [2.05, 4.69) is 5.32 Å². The van der Waals surface area contributed by atoms with Gasteiger partial charge in [0.15, 0.2) is 0 Å². The third-order valence-electron chi connectivity index (χ3n) is 3.42. The lowest BCUT2D eigenvalue weighted by Crippen LogP contribution is -2.28. The van der Waals surface area contributed by atoms with E-state index in [1.807, 2.05) is 31.2 Å². The topological polar surface area (TPSA) is 47.6 Å². The van der Waals surface area contributed by atoms with Crippen molar-refractivity contribution in [3.8, 4) is 5.75 Å². The number of benzene rings is 1. The monoisotopic (exact) mass is 277 g/mol. The summed E-state index contributed by atoms with van der Waals surface area (Å²) in [7, 11) is 0. The van der Waals surface area contributed by atoms with Gasteiger partial charge in [0, 0.05) is 25.2 Å². The molecule has 4 nitrogen and oxygen atoms in total. The number of carbonyl (C=O) groups is 1. The molecule has 110 valence electrons. The molecular weight excluding hydrogens is 254 g/mol. The summed E-state index contributed by atoms with van der Waals surface area (Å²) in [6.45, 7) is 4.03. The van der Waals surface area contributed by atoms with Crippen LogP contribution in [-0.4, -0.2) is 25.7 Å². The van der Waals surface area contributed by atoms with Crippen molar-refractivity contribution in [2.24, 2.45) is 0 Å². The first-order valence-electron chi connectivity index (χ1n) is 7.40. The number of fused-ring (bicyclic) bond motifs is 1. The Kier molecular flexibility index (Phi) is 5.87. The highest BCUT2D eigenvalue weighted by molar-refractivity contribution is 5.76. The fourth-order valence-corrected chi connectivity index (χ4v) is 2.42. The van der Waals surface area contributed by atoms with Crippen molar-refractivity contribution in [1.82, 2.24) is 5.32 Å². The molecular formula is C16H23NO3. The van der Waals surface area contributed by atoms with E-state index in [4.69, 9.17) is 9.47 Å². The Bertz CT molecular complexity index is 433. The quantitative estimate of drug-likeness (QED) is 0.813. The average Bonchev–Trinajstić information content (AvgIpc) is 2.67. The molecule has 0 saturated heterocycles. The van der Waals surface area contributed by atoms with Crippen molar-refractivity contribution in [3.05, 3.63) is 29.8 Å². The van der Waals surface area contributed by atoms with Crippen LogP contribution in [0.25, 0.3) is 0 Å². The molecule has 1 amide bonds. The van der Waals surface area contributed by atoms with Crippen molar-refractivity contribution >= 4 is 5.91 Å². The van der Waals surface area contributed by atoms with Gasteiger partial charge in [0.25, 0.3) is 0 Å². The molecule has 1 aliphatic rings. The Balaban J connectivity index is 1.90. The van der Waals surface area contributed by atoms with Crippen molar-refractivity contribution in [1.29, 1.82) is 0 Å². The molecule has 4 heteroatoms. The van der Waals surface area contributed by atoms with Crippen LogP contribution >= 0.6 is 0 Å². The van der Waals surface area contributed by atoms with Gasteiger partial charge in [-0.15, -0.1) is 0 Å². The minimum absolute atomic E-state index is 0.0632. The van der Waals surface area contributed by atoms with Crippen molar-refractivity contribution in [2.75, 3.05) is 19.8 Å². The second-order valence-electron chi connectivity index (χ2n) is 4.95. The van der Waals surface area contributed by atoms with Crippen LogP contribution in [0.5, 0.6) is 5.75 Å². The molecule has 0 saturated carbocycles. The molecule has 0 unspecified atom stereocenters. The van der Waals surface area contributed by atoms with E-state index in [1.165, 1.54) is 0 Å². The predicted octanol–water partition coefficient (Wildman–Crippen LogP) is 2.83. The number of carbonyl (C=O) groups excluding carboxylic acids is 1. The zero-order valence-corrected chi connectivity index (χ0v) is 12.1. The van der Waals surface area contributed by atoms with E-state index in [0.29, 0.717) is 26.2 Å². The third kappa shape index (κ3) is 4.23. The molecule has 2 rings (SSSR count).